The average Bonchev–Trinajstić information content (AvgIpc) is 3.03. The molecule has 3 aromatic rings. The molecule has 0 N–H and O–H groups in total. The minimum absolute atomic E-state index is 0.123. The Hall–Kier alpha value is -1.83. The summed E-state index contributed by atoms with van der Waals surface area (Å²) in [5, 5.41) is 1.14. The lowest BCUT2D eigenvalue weighted by Crippen LogP contribution is -2.27. The van der Waals surface area contributed by atoms with Crippen molar-refractivity contribution in [1.29, 1.82) is 0 Å². The number of thioether (sulfide) groups is 1. The Morgan fingerprint density at radius 1 is 1.06 bits per heavy atom. The predicted molar refractivity (Wildman–Crippen MR) is 147 cm³/mol. The molecular formula is C25H18BrCl2NO2S2. The van der Waals surface area contributed by atoms with Crippen LogP contribution in [-0.2, 0) is 11.4 Å². The van der Waals surface area contributed by atoms with Crippen molar-refractivity contribution in [1.82, 2.24) is 0 Å². The molecule has 33 heavy (non-hydrogen) atoms. The first-order chi connectivity index (χ1) is 15.7. The van der Waals surface area contributed by atoms with Crippen LogP contribution in [0.3, 0.4) is 0 Å². The largest absolute Gasteiger partial charge is 0.488 e. The summed E-state index contributed by atoms with van der Waals surface area (Å²) in [6, 6.07) is 16.9. The molecule has 1 fully saturated rings. The average molecular weight is 579 g/mol. The number of halogens is 3. The Morgan fingerprint density at radius 2 is 1.85 bits per heavy atom. The SMILES string of the molecule is Cc1ccc(N2C(=O)C(=Cc3ccc(OCc4ccc(Cl)cc4Cl)c(Br)c3)SC2=S)cc1C. The van der Waals surface area contributed by atoms with E-state index < -0.39 is 0 Å². The smallest absolute Gasteiger partial charge is 0.270 e. The van der Waals surface area contributed by atoms with Crippen molar-refractivity contribution in [3.8, 4) is 5.75 Å². The first-order valence-electron chi connectivity index (χ1n) is 9.94. The van der Waals surface area contributed by atoms with Crippen molar-refractivity contribution in [2.24, 2.45) is 0 Å². The fourth-order valence-corrected chi connectivity index (χ4v) is 5.50. The number of hydrogen-bond acceptors (Lipinski definition) is 4. The van der Waals surface area contributed by atoms with E-state index >= 15 is 0 Å². The van der Waals surface area contributed by atoms with Crippen molar-refractivity contribution < 1.29 is 9.53 Å². The first-order valence-corrected chi connectivity index (χ1v) is 12.7. The molecule has 1 aliphatic heterocycles. The maximum absolute atomic E-state index is 13.1. The van der Waals surface area contributed by atoms with Crippen molar-refractivity contribution in [2.75, 3.05) is 4.90 Å². The zero-order valence-corrected chi connectivity index (χ0v) is 22.4. The van der Waals surface area contributed by atoms with Crippen LogP contribution in [0, 0.1) is 13.8 Å². The van der Waals surface area contributed by atoms with Crippen LogP contribution in [0.5, 0.6) is 5.75 Å². The van der Waals surface area contributed by atoms with Gasteiger partial charge in [0.05, 0.1) is 15.1 Å². The topological polar surface area (TPSA) is 29.5 Å². The minimum atomic E-state index is -0.123. The fourth-order valence-electron chi connectivity index (χ4n) is 3.22. The van der Waals surface area contributed by atoms with Crippen LogP contribution in [0.4, 0.5) is 5.69 Å². The summed E-state index contributed by atoms with van der Waals surface area (Å²) in [6.07, 6.45) is 1.84. The molecule has 0 bridgehead atoms. The Balaban J connectivity index is 1.51. The lowest BCUT2D eigenvalue weighted by atomic mass is 10.1. The number of hydrogen-bond donors (Lipinski definition) is 0. The van der Waals surface area contributed by atoms with Crippen molar-refractivity contribution >= 4 is 85.1 Å². The summed E-state index contributed by atoms with van der Waals surface area (Å²) in [5.41, 5.74) is 4.77. The number of anilines is 1. The van der Waals surface area contributed by atoms with Crippen LogP contribution in [0.15, 0.2) is 64.0 Å². The van der Waals surface area contributed by atoms with E-state index in [4.69, 9.17) is 40.2 Å². The van der Waals surface area contributed by atoms with Crippen LogP contribution in [-0.4, -0.2) is 10.2 Å². The summed E-state index contributed by atoms with van der Waals surface area (Å²) in [7, 11) is 0. The maximum atomic E-state index is 13.1. The Bertz CT molecular complexity index is 1310. The molecule has 3 aromatic carbocycles. The highest BCUT2D eigenvalue weighted by atomic mass is 79.9. The quantitative estimate of drug-likeness (QED) is 0.225. The van der Waals surface area contributed by atoms with Crippen LogP contribution < -0.4 is 9.64 Å². The molecule has 0 radical (unpaired) electrons. The van der Waals surface area contributed by atoms with Crippen molar-refractivity contribution in [2.45, 2.75) is 20.5 Å². The highest BCUT2D eigenvalue weighted by molar-refractivity contribution is 9.10. The van der Waals surface area contributed by atoms with Gasteiger partial charge in [-0.1, -0.05) is 65.4 Å². The molecule has 1 amide bonds. The summed E-state index contributed by atoms with van der Waals surface area (Å²) in [6.45, 7) is 4.37. The van der Waals surface area contributed by atoms with Crippen LogP contribution >= 0.6 is 63.1 Å². The Kier molecular flexibility index (Phi) is 7.51. The molecule has 0 aromatic heterocycles. The molecule has 0 unspecified atom stereocenters. The molecule has 1 saturated heterocycles. The Labute approximate surface area is 220 Å². The van der Waals surface area contributed by atoms with Gasteiger partial charge in [0.15, 0.2) is 4.32 Å². The minimum Gasteiger partial charge on any atom is -0.488 e. The number of benzene rings is 3. The summed E-state index contributed by atoms with van der Waals surface area (Å²) in [4.78, 5) is 15.2. The lowest BCUT2D eigenvalue weighted by molar-refractivity contribution is -0.113. The fraction of sp³-hybridized carbons (Fsp3) is 0.120. The highest BCUT2D eigenvalue weighted by Gasteiger charge is 2.33. The molecular weight excluding hydrogens is 561 g/mol. The molecule has 0 spiro atoms. The summed E-state index contributed by atoms with van der Waals surface area (Å²) >= 11 is 22.5. The third-order valence-corrected chi connectivity index (χ3v) is 7.70. The van der Waals surface area contributed by atoms with Gasteiger partial charge < -0.3 is 4.74 Å². The summed E-state index contributed by atoms with van der Waals surface area (Å²) in [5.74, 6) is 0.544. The van der Waals surface area contributed by atoms with Gasteiger partial charge in [-0.25, -0.2) is 0 Å². The third-order valence-electron chi connectivity index (χ3n) is 5.19. The number of thiocarbonyl (C=S) groups is 1. The highest BCUT2D eigenvalue weighted by Crippen LogP contribution is 2.37. The van der Waals surface area contributed by atoms with Gasteiger partial charge >= 0.3 is 0 Å². The second-order valence-electron chi connectivity index (χ2n) is 7.50. The summed E-state index contributed by atoms with van der Waals surface area (Å²) < 4.78 is 7.20. The molecule has 3 nitrogen and oxygen atoms in total. The number of carbonyl (C=O) groups is 1. The van der Waals surface area contributed by atoms with Crippen molar-refractivity contribution in [3.05, 3.63) is 96.3 Å². The lowest BCUT2D eigenvalue weighted by Gasteiger charge is -2.16. The number of amides is 1. The monoisotopic (exact) mass is 577 g/mol. The molecule has 1 heterocycles. The molecule has 4 rings (SSSR count). The number of ether oxygens (including phenoxy) is 1. The van der Waals surface area contributed by atoms with E-state index in [0.29, 0.717) is 31.6 Å². The van der Waals surface area contributed by atoms with Gasteiger partial charge in [-0.15, -0.1) is 0 Å². The molecule has 0 aliphatic carbocycles. The Morgan fingerprint density at radius 3 is 2.55 bits per heavy atom. The van der Waals surface area contributed by atoms with Crippen LogP contribution in [0.1, 0.15) is 22.3 Å². The second kappa shape index (κ2) is 10.2. The predicted octanol–water partition coefficient (Wildman–Crippen LogP) is 8.36. The van der Waals surface area contributed by atoms with Crippen LogP contribution in [0.2, 0.25) is 10.0 Å². The number of rotatable bonds is 5. The van der Waals surface area contributed by atoms with Gasteiger partial charge in [0.1, 0.15) is 12.4 Å². The molecule has 0 saturated carbocycles. The number of carbonyl (C=O) groups excluding carboxylic acids is 1. The van der Waals surface area contributed by atoms with E-state index in [-0.39, 0.29) is 5.91 Å². The van der Waals surface area contributed by atoms with Gasteiger partial charge in [-0.3, -0.25) is 9.69 Å². The van der Waals surface area contributed by atoms with Gasteiger partial charge in [-0.2, -0.15) is 0 Å². The zero-order valence-electron chi connectivity index (χ0n) is 17.7. The molecule has 0 atom stereocenters. The van der Waals surface area contributed by atoms with Crippen molar-refractivity contribution in [3.63, 3.8) is 0 Å². The standard InChI is InChI=1S/C25H18BrCl2NO2S2/c1-14-3-7-19(9-15(14)2)29-24(30)23(33-25(29)32)11-16-4-8-22(20(26)10-16)31-13-17-5-6-18(27)12-21(17)28/h3-12H,13H2,1-2H3. The molecule has 1 aliphatic rings. The number of nitrogens with zero attached hydrogens (tertiary/aromatic N) is 1. The molecule has 8 heteroatoms. The van der Waals surface area contributed by atoms with E-state index in [1.54, 1.807) is 17.0 Å². The van der Waals surface area contributed by atoms with E-state index in [1.165, 1.54) is 17.3 Å². The van der Waals surface area contributed by atoms with Gasteiger partial charge in [0.2, 0.25) is 0 Å². The van der Waals surface area contributed by atoms with Gasteiger partial charge in [0.25, 0.3) is 5.91 Å². The van der Waals surface area contributed by atoms with E-state index in [1.807, 2.05) is 62.4 Å². The number of aryl methyl sites for hydroxylation is 2. The van der Waals surface area contributed by atoms with Crippen LogP contribution in [0.25, 0.3) is 6.08 Å². The van der Waals surface area contributed by atoms with E-state index in [2.05, 4.69) is 15.9 Å². The molecule has 168 valence electrons. The second-order valence-corrected chi connectivity index (χ2v) is 10.9. The van der Waals surface area contributed by atoms with E-state index in [0.717, 1.165) is 26.9 Å². The maximum Gasteiger partial charge on any atom is 0.270 e. The third kappa shape index (κ3) is 5.47. The first kappa shape index (κ1) is 24.3. The normalized spacial score (nSPS) is 14.9. The van der Waals surface area contributed by atoms with Gasteiger partial charge in [0, 0.05) is 15.6 Å². The van der Waals surface area contributed by atoms with E-state index in [9.17, 15) is 4.79 Å². The van der Waals surface area contributed by atoms with Gasteiger partial charge in [-0.05, 0) is 88.9 Å². The zero-order chi connectivity index (χ0) is 23.7.